The summed E-state index contributed by atoms with van der Waals surface area (Å²) < 4.78 is 6.76. The third-order valence-corrected chi connectivity index (χ3v) is 5.12. The maximum atomic E-state index is 13.0. The topological polar surface area (TPSA) is 66.2 Å². The fourth-order valence-corrected chi connectivity index (χ4v) is 3.36. The van der Waals surface area contributed by atoms with Crippen LogP contribution in [-0.4, -0.2) is 23.1 Å². The minimum absolute atomic E-state index is 0.259. The van der Waals surface area contributed by atoms with Gasteiger partial charge >= 0.3 is 5.69 Å². The van der Waals surface area contributed by atoms with Crippen molar-refractivity contribution < 1.29 is 0 Å². The van der Waals surface area contributed by atoms with Crippen LogP contribution < -0.4 is 11.2 Å². The number of hydrogen-bond donors (Lipinski definition) is 0. The van der Waals surface area contributed by atoms with Crippen LogP contribution >= 0.6 is 0 Å². The predicted molar refractivity (Wildman–Crippen MR) is 99.5 cm³/mol. The van der Waals surface area contributed by atoms with Crippen LogP contribution in [0, 0.1) is 13.8 Å². The van der Waals surface area contributed by atoms with Crippen LogP contribution in [0.15, 0.2) is 21.7 Å². The molecule has 0 aromatic carbocycles. The molecule has 0 fully saturated rings. The number of allylic oxidation sites excluding steroid dienone is 2. The van der Waals surface area contributed by atoms with Crippen LogP contribution in [0.25, 0.3) is 16.9 Å². The van der Waals surface area contributed by atoms with Gasteiger partial charge in [0.25, 0.3) is 5.56 Å². The Morgan fingerprint density at radius 2 is 1.88 bits per heavy atom. The van der Waals surface area contributed by atoms with E-state index in [0.29, 0.717) is 11.2 Å². The van der Waals surface area contributed by atoms with Gasteiger partial charge < -0.3 is 4.57 Å². The van der Waals surface area contributed by atoms with Crippen LogP contribution in [0.5, 0.6) is 0 Å². The van der Waals surface area contributed by atoms with E-state index in [1.807, 2.05) is 31.2 Å². The molecule has 0 aliphatic rings. The molecule has 3 rings (SSSR count). The first-order chi connectivity index (χ1) is 11.8. The van der Waals surface area contributed by atoms with Crippen molar-refractivity contribution >= 4 is 16.9 Å². The quantitative estimate of drug-likeness (QED) is 0.683. The molecule has 0 saturated carbocycles. The molecule has 0 saturated heterocycles. The van der Waals surface area contributed by atoms with Crippen LogP contribution in [0.3, 0.4) is 0 Å². The molecule has 0 spiro atoms. The Labute approximate surface area is 145 Å². The van der Waals surface area contributed by atoms with E-state index in [1.165, 1.54) is 9.13 Å². The van der Waals surface area contributed by atoms with Crippen molar-refractivity contribution in [1.82, 2.24) is 23.1 Å². The molecule has 0 N–H and O–H groups in total. The lowest BCUT2D eigenvalue weighted by molar-refractivity contribution is 0.532. The largest absolute Gasteiger partial charge is 0.332 e. The van der Waals surface area contributed by atoms with E-state index in [0.717, 1.165) is 23.6 Å². The second-order valence-electron chi connectivity index (χ2n) is 6.54. The van der Waals surface area contributed by atoms with Gasteiger partial charge in [0.2, 0.25) is 5.78 Å². The summed E-state index contributed by atoms with van der Waals surface area (Å²) >= 11 is 0. The molecular formula is C18H25N5O2. The van der Waals surface area contributed by atoms with Crippen molar-refractivity contribution in [3.63, 3.8) is 0 Å². The third-order valence-electron chi connectivity index (χ3n) is 5.12. The lowest BCUT2D eigenvalue weighted by atomic mass is 10.2. The standard InChI is InChI=1S/C18H25N5O2/c1-7-9-10-21-16(24)14-15(20(6)18(21)25)19-17-22(11(3)8-2)12(4)13(5)23(14)17/h7,9,11H,8,10H2,1-6H3/b9-7+/t11-/m1/s1. The van der Waals surface area contributed by atoms with Crippen molar-refractivity contribution in [2.75, 3.05) is 0 Å². The highest BCUT2D eigenvalue weighted by molar-refractivity contribution is 5.76. The highest BCUT2D eigenvalue weighted by Gasteiger charge is 2.23. The third kappa shape index (κ3) is 2.29. The van der Waals surface area contributed by atoms with Gasteiger partial charge in [-0.3, -0.25) is 18.3 Å². The number of nitrogens with zero attached hydrogens (tertiary/aromatic N) is 5. The Kier molecular flexibility index (Phi) is 4.18. The van der Waals surface area contributed by atoms with Crippen molar-refractivity contribution in [3.8, 4) is 0 Å². The van der Waals surface area contributed by atoms with Gasteiger partial charge in [0.05, 0.1) is 0 Å². The minimum atomic E-state index is -0.346. The molecule has 1 atom stereocenters. The van der Waals surface area contributed by atoms with Gasteiger partial charge in [-0.25, -0.2) is 4.79 Å². The zero-order valence-electron chi connectivity index (χ0n) is 15.7. The van der Waals surface area contributed by atoms with Crippen molar-refractivity contribution in [2.45, 2.75) is 53.6 Å². The monoisotopic (exact) mass is 343 g/mol. The fraction of sp³-hybridized carbons (Fsp3) is 0.500. The van der Waals surface area contributed by atoms with E-state index in [4.69, 9.17) is 0 Å². The maximum absolute atomic E-state index is 13.0. The first-order valence-electron chi connectivity index (χ1n) is 8.65. The van der Waals surface area contributed by atoms with E-state index in [1.54, 1.807) is 13.1 Å². The first-order valence-corrected chi connectivity index (χ1v) is 8.65. The van der Waals surface area contributed by atoms with Gasteiger partial charge in [0.1, 0.15) is 0 Å². The summed E-state index contributed by atoms with van der Waals surface area (Å²) in [5.74, 6) is 0.718. The molecule has 0 bridgehead atoms. The van der Waals surface area contributed by atoms with Gasteiger partial charge in [0, 0.05) is 31.0 Å². The highest BCUT2D eigenvalue weighted by Crippen LogP contribution is 2.25. The molecule has 0 unspecified atom stereocenters. The van der Waals surface area contributed by atoms with Gasteiger partial charge in [0.15, 0.2) is 11.2 Å². The fourth-order valence-electron chi connectivity index (χ4n) is 3.36. The van der Waals surface area contributed by atoms with Crippen LogP contribution in [0.2, 0.25) is 0 Å². The lowest BCUT2D eigenvalue weighted by Gasteiger charge is -2.13. The molecule has 7 heteroatoms. The second-order valence-corrected chi connectivity index (χ2v) is 6.54. The summed E-state index contributed by atoms with van der Waals surface area (Å²) in [7, 11) is 1.67. The van der Waals surface area contributed by atoms with E-state index in [-0.39, 0.29) is 23.8 Å². The van der Waals surface area contributed by atoms with E-state index in [9.17, 15) is 9.59 Å². The Bertz CT molecular complexity index is 1110. The molecule has 3 heterocycles. The number of fused-ring (bicyclic) bond motifs is 3. The van der Waals surface area contributed by atoms with E-state index in [2.05, 4.69) is 23.4 Å². The van der Waals surface area contributed by atoms with Gasteiger partial charge in [-0.05, 0) is 34.1 Å². The SMILES string of the molecule is C/C=C/Cn1c(=O)c2c(nc3n([C@H](C)CC)c(C)c(C)n23)n(C)c1=O. The normalized spacial score (nSPS) is 13.5. The number of aromatic nitrogens is 5. The van der Waals surface area contributed by atoms with Crippen molar-refractivity contribution in [1.29, 1.82) is 0 Å². The molecule has 3 aromatic heterocycles. The first kappa shape index (κ1) is 17.3. The summed E-state index contributed by atoms with van der Waals surface area (Å²) in [6, 6.07) is 0.260. The van der Waals surface area contributed by atoms with E-state index >= 15 is 0 Å². The zero-order chi connectivity index (χ0) is 18.5. The summed E-state index contributed by atoms with van der Waals surface area (Å²) in [6.45, 7) is 10.4. The van der Waals surface area contributed by atoms with Crippen LogP contribution in [0.4, 0.5) is 0 Å². The molecule has 0 radical (unpaired) electrons. The maximum Gasteiger partial charge on any atom is 0.332 e. The predicted octanol–water partition coefficient (Wildman–Crippen LogP) is 2.31. The number of hydrogen-bond acceptors (Lipinski definition) is 3. The molecule has 0 aliphatic carbocycles. The van der Waals surface area contributed by atoms with Crippen LogP contribution in [-0.2, 0) is 13.6 Å². The minimum Gasteiger partial charge on any atom is -0.311 e. The summed E-state index contributed by atoms with van der Waals surface area (Å²) in [6.07, 6.45) is 4.59. The highest BCUT2D eigenvalue weighted by atomic mass is 16.2. The van der Waals surface area contributed by atoms with Gasteiger partial charge in [-0.2, -0.15) is 4.98 Å². The molecule has 25 heavy (non-hydrogen) atoms. The Morgan fingerprint density at radius 1 is 1.20 bits per heavy atom. The average molecular weight is 343 g/mol. The second kappa shape index (κ2) is 6.06. The van der Waals surface area contributed by atoms with Crippen LogP contribution in [0.1, 0.15) is 44.6 Å². The molecule has 3 aromatic rings. The van der Waals surface area contributed by atoms with Crippen molar-refractivity contribution in [2.24, 2.45) is 7.05 Å². The summed E-state index contributed by atoms with van der Waals surface area (Å²) in [5.41, 5.74) is 2.32. The molecule has 7 nitrogen and oxygen atoms in total. The zero-order valence-corrected chi connectivity index (χ0v) is 15.7. The summed E-state index contributed by atoms with van der Waals surface area (Å²) in [4.78, 5) is 30.3. The number of imidazole rings is 2. The van der Waals surface area contributed by atoms with Gasteiger partial charge in [-0.15, -0.1) is 0 Å². The lowest BCUT2D eigenvalue weighted by Crippen LogP contribution is -2.39. The Morgan fingerprint density at radius 3 is 2.48 bits per heavy atom. The smallest absolute Gasteiger partial charge is 0.311 e. The molecule has 0 amide bonds. The Hall–Kier alpha value is -2.57. The number of aryl methyl sites for hydroxylation is 2. The molecular weight excluding hydrogens is 318 g/mol. The molecule has 0 aliphatic heterocycles. The van der Waals surface area contributed by atoms with Gasteiger partial charge in [-0.1, -0.05) is 19.1 Å². The molecule has 134 valence electrons. The summed E-state index contributed by atoms with van der Waals surface area (Å²) in [5, 5.41) is 0. The number of rotatable bonds is 4. The average Bonchev–Trinajstić information content (AvgIpc) is 3.09. The Balaban J connectivity index is 2.53. The van der Waals surface area contributed by atoms with E-state index < -0.39 is 0 Å². The van der Waals surface area contributed by atoms with Crippen molar-refractivity contribution in [3.05, 3.63) is 44.4 Å².